The molecule has 0 aliphatic heterocycles. The van der Waals surface area contributed by atoms with Gasteiger partial charge in [0.15, 0.2) is 0 Å². The van der Waals surface area contributed by atoms with Crippen molar-refractivity contribution in [1.82, 2.24) is 0 Å². The van der Waals surface area contributed by atoms with Gasteiger partial charge in [0.2, 0.25) is 11.8 Å². The number of halogens is 1. The van der Waals surface area contributed by atoms with Crippen molar-refractivity contribution in [1.29, 1.82) is 0 Å². The fourth-order valence-corrected chi connectivity index (χ4v) is 2.70. The molecule has 0 heterocycles. The minimum atomic E-state index is -0.254. The first-order valence-corrected chi connectivity index (χ1v) is 7.86. The Bertz CT molecular complexity index is 703. The van der Waals surface area contributed by atoms with E-state index in [1.807, 2.05) is 54.6 Å². The normalized spacial score (nSPS) is 19.3. The number of carbonyl (C=O) groups excluding carboxylic acids is 2. The molecule has 3 rings (SSSR count). The molecule has 2 atom stereocenters. The molecule has 0 radical (unpaired) electrons. The predicted molar refractivity (Wildman–Crippen MR) is 89.4 cm³/mol. The van der Waals surface area contributed by atoms with Crippen LogP contribution in [0.25, 0.3) is 0 Å². The van der Waals surface area contributed by atoms with Crippen LogP contribution in [0.15, 0.2) is 59.1 Å². The second-order valence-corrected chi connectivity index (χ2v) is 6.13. The highest BCUT2D eigenvalue weighted by Crippen LogP contribution is 2.40. The summed E-state index contributed by atoms with van der Waals surface area (Å²) in [6.07, 6.45) is 0.592. The number of nitrogens with one attached hydrogen (secondary N) is 2. The molecule has 2 aromatic carbocycles. The van der Waals surface area contributed by atoms with Crippen molar-refractivity contribution in [3.63, 3.8) is 0 Å². The van der Waals surface area contributed by atoms with E-state index in [0.29, 0.717) is 6.42 Å². The summed E-state index contributed by atoms with van der Waals surface area (Å²) in [5, 5.41) is 5.69. The van der Waals surface area contributed by atoms with E-state index >= 15 is 0 Å². The van der Waals surface area contributed by atoms with E-state index in [4.69, 9.17) is 0 Å². The number of carbonyl (C=O) groups is 2. The lowest BCUT2D eigenvalue weighted by Crippen LogP contribution is -2.20. The Kier molecular flexibility index (Phi) is 4.24. The van der Waals surface area contributed by atoms with E-state index in [2.05, 4.69) is 26.6 Å². The summed E-state index contributed by atoms with van der Waals surface area (Å²) in [5.74, 6) is -0.711. The van der Waals surface area contributed by atoms with Crippen LogP contribution in [-0.2, 0) is 9.59 Å². The molecule has 4 nitrogen and oxygen atoms in total. The molecule has 1 aliphatic carbocycles. The van der Waals surface area contributed by atoms with Gasteiger partial charge in [0, 0.05) is 10.2 Å². The average molecular weight is 359 g/mol. The molecule has 0 spiro atoms. The Morgan fingerprint density at radius 3 is 2.14 bits per heavy atom. The monoisotopic (exact) mass is 358 g/mol. The lowest BCUT2D eigenvalue weighted by molar-refractivity contribution is -0.122. The highest BCUT2D eigenvalue weighted by Gasteiger charge is 2.48. The summed E-state index contributed by atoms with van der Waals surface area (Å²) < 4.78 is 0.828. The highest BCUT2D eigenvalue weighted by atomic mass is 79.9. The maximum absolute atomic E-state index is 12.2. The third-order valence-electron chi connectivity index (χ3n) is 3.64. The van der Waals surface area contributed by atoms with E-state index in [1.54, 1.807) is 0 Å². The van der Waals surface area contributed by atoms with Crippen molar-refractivity contribution in [3.8, 4) is 0 Å². The summed E-state index contributed by atoms with van der Waals surface area (Å²) >= 11 is 3.39. The number of rotatable bonds is 4. The first kappa shape index (κ1) is 14.8. The maximum atomic E-state index is 12.2. The van der Waals surface area contributed by atoms with E-state index in [0.717, 1.165) is 15.8 Å². The molecule has 1 aliphatic rings. The molecule has 2 unspecified atom stereocenters. The van der Waals surface area contributed by atoms with Crippen LogP contribution in [0.2, 0.25) is 0 Å². The van der Waals surface area contributed by atoms with Gasteiger partial charge < -0.3 is 10.6 Å². The number of hydrogen-bond donors (Lipinski definition) is 2. The molecule has 22 heavy (non-hydrogen) atoms. The van der Waals surface area contributed by atoms with Crippen molar-refractivity contribution >= 4 is 39.1 Å². The zero-order chi connectivity index (χ0) is 15.5. The van der Waals surface area contributed by atoms with Gasteiger partial charge in [0.05, 0.1) is 17.5 Å². The van der Waals surface area contributed by atoms with Gasteiger partial charge in [-0.25, -0.2) is 0 Å². The molecular weight excluding hydrogens is 344 g/mol. The van der Waals surface area contributed by atoms with Gasteiger partial charge in [0.25, 0.3) is 0 Å². The van der Waals surface area contributed by atoms with Gasteiger partial charge in [0.1, 0.15) is 0 Å². The molecule has 0 aromatic heterocycles. The van der Waals surface area contributed by atoms with E-state index in [-0.39, 0.29) is 23.7 Å². The quantitative estimate of drug-likeness (QED) is 0.875. The van der Waals surface area contributed by atoms with Gasteiger partial charge in [-0.3, -0.25) is 9.59 Å². The minimum Gasteiger partial charge on any atom is -0.326 e. The number of amides is 2. The zero-order valence-electron chi connectivity index (χ0n) is 11.8. The Labute approximate surface area is 137 Å². The summed E-state index contributed by atoms with van der Waals surface area (Å²) in [5.41, 5.74) is 1.48. The molecule has 0 saturated heterocycles. The van der Waals surface area contributed by atoms with Crippen LogP contribution in [-0.4, -0.2) is 11.8 Å². The third-order valence-corrected chi connectivity index (χ3v) is 4.33. The van der Waals surface area contributed by atoms with Crippen molar-refractivity contribution in [3.05, 3.63) is 59.1 Å². The molecule has 112 valence electrons. The molecule has 2 amide bonds. The smallest absolute Gasteiger partial charge is 0.228 e. The van der Waals surface area contributed by atoms with Crippen molar-refractivity contribution in [2.45, 2.75) is 6.42 Å². The van der Waals surface area contributed by atoms with Gasteiger partial charge in [-0.1, -0.05) is 30.3 Å². The van der Waals surface area contributed by atoms with Crippen LogP contribution in [0.4, 0.5) is 11.4 Å². The molecular formula is C17H15BrN2O2. The SMILES string of the molecule is O=C(Nc1ccccc1)C1CC1C(=O)Nc1ccccc1Br. The van der Waals surface area contributed by atoms with Crippen LogP contribution in [0.3, 0.4) is 0 Å². The topological polar surface area (TPSA) is 58.2 Å². The van der Waals surface area contributed by atoms with Crippen molar-refractivity contribution in [2.75, 3.05) is 10.6 Å². The van der Waals surface area contributed by atoms with Gasteiger partial charge >= 0.3 is 0 Å². The molecule has 5 heteroatoms. The van der Waals surface area contributed by atoms with E-state index in [9.17, 15) is 9.59 Å². The lowest BCUT2D eigenvalue weighted by atomic mass is 10.2. The fourth-order valence-electron chi connectivity index (χ4n) is 2.32. The summed E-state index contributed by atoms with van der Waals surface area (Å²) in [4.78, 5) is 24.3. The Balaban J connectivity index is 1.56. The largest absolute Gasteiger partial charge is 0.326 e. The fraction of sp³-hybridized carbons (Fsp3) is 0.176. The maximum Gasteiger partial charge on any atom is 0.228 e. The van der Waals surface area contributed by atoms with E-state index in [1.165, 1.54) is 0 Å². The van der Waals surface area contributed by atoms with Gasteiger partial charge in [-0.2, -0.15) is 0 Å². The molecule has 1 fully saturated rings. The van der Waals surface area contributed by atoms with Crippen LogP contribution in [0.1, 0.15) is 6.42 Å². The van der Waals surface area contributed by atoms with Gasteiger partial charge in [-0.15, -0.1) is 0 Å². The zero-order valence-corrected chi connectivity index (χ0v) is 13.3. The molecule has 2 N–H and O–H groups in total. The van der Waals surface area contributed by atoms with Crippen LogP contribution in [0.5, 0.6) is 0 Å². The molecule has 0 bridgehead atoms. The first-order chi connectivity index (χ1) is 10.6. The predicted octanol–water partition coefficient (Wildman–Crippen LogP) is 3.66. The Hall–Kier alpha value is -2.14. The minimum absolute atomic E-state index is 0.0986. The summed E-state index contributed by atoms with van der Waals surface area (Å²) in [7, 11) is 0. The Morgan fingerprint density at radius 2 is 1.45 bits per heavy atom. The number of hydrogen-bond acceptors (Lipinski definition) is 2. The van der Waals surface area contributed by atoms with Crippen molar-refractivity contribution < 1.29 is 9.59 Å². The molecule has 1 saturated carbocycles. The second kappa shape index (κ2) is 6.32. The Morgan fingerprint density at radius 1 is 0.864 bits per heavy atom. The van der Waals surface area contributed by atoms with Gasteiger partial charge in [-0.05, 0) is 46.6 Å². The van der Waals surface area contributed by atoms with Crippen LogP contribution in [0, 0.1) is 11.8 Å². The van der Waals surface area contributed by atoms with Crippen molar-refractivity contribution in [2.24, 2.45) is 11.8 Å². The van der Waals surface area contributed by atoms with Crippen LogP contribution < -0.4 is 10.6 Å². The number of benzene rings is 2. The first-order valence-electron chi connectivity index (χ1n) is 7.06. The highest BCUT2D eigenvalue weighted by molar-refractivity contribution is 9.10. The average Bonchev–Trinajstić information content (AvgIpc) is 3.31. The standard InChI is InChI=1S/C17H15BrN2O2/c18-14-8-4-5-9-15(14)20-17(22)13-10-12(13)16(21)19-11-6-2-1-3-7-11/h1-9,12-13H,10H2,(H,19,21)(H,20,22). The number of para-hydroxylation sites is 2. The third kappa shape index (κ3) is 3.36. The van der Waals surface area contributed by atoms with E-state index < -0.39 is 0 Å². The lowest BCUT2D eigenvalue weighted by Gasteiger charge is -2.07. The van der Waals surface area contributed by atoms with Crippen LogP contribution >= 0.6 is 15.9 Å². The summed E-state index contributed by atoms with van der Waals surface area (Å²) in [6.45, 7) is 0. The second-order valence-electron chi connectivity index (χ2n) is 5.27. The summed E-state index contributed by atoms with van der Waals surface area (Å²) in [6, 6.07) is 16.7. The molecule has 2 aromatic rings. The number of anilines is 2.